The van der Waals surface area contributed by atoms with Crippen molar-refractivity contribution < 1.29 is 19.6 Å². The van der Waals surface area contributed by atoms with Gasteiger partial charge in [0, 0.05) is 10.4 Å². The van der Waals surface area contributed by atoms with E-state index in [4.69, 9.17) is 0 Å². The van der Waals surface area contributed by atoms with Gasteiger partial charge in [-0.2, -0.15) is 0 Å². The number of thiophene rings is 1. The minimum atomic E-state index is -1.23. The second kappa shape index (κ2) is 7.24. The molecule has 1 fully saturated rings. The molecule has 1 saturated carbocycles. The Bertz CT molecular complexity index is 562. The van der Waals surface area contributed by atoms with E-state index in [1.165, 1.54) is 48.3 Å². The molecule has 6 heteroatoms. The number of likely N-dealkylation sites (N-methyl/N-ethyl adjacent to an activating group) is 1. The first kappa shape index (κ1) is 17.0. The van der Waals surface area contributed by atoms with E-state index in [-0.39, 0.29) is 11.5 Å². The summed E-state index contributed by atoms with van der Waals surface area (Å²) in [5.41, 5.74) is 0.791. The fraction of sp³-hybridized carbons (Fsp3) is 0.625. The first-order valence-electron chi connectivity index (χ1n) is 7.83. The van der Waals surface area contributed by atoms with Crippen molar-refractivity contribution in [2.45, 2.75) is 52.0 Å². The van der Waals surface area contributed by atoms with Crippen LogP contribution in [0, 0.1) is 13.8 Å². The van der Waals surface area contributed by atoms with Crippen LogP contribution in [0.2, 0.25) is 0 Å². The Hall–Kier alpha value is -1.40. The van der Waals surface area contributed by atoms with Crippen molar-refractivity contribution in [1.29, 1.82) is 0 Å². The van der Waals surface area contributed by atoms with Crippen molar-refractivity contribution in [2.75, 3.05) is 18.9 Å². The lowest BCUT2D eigenvalue weighted by Gasteiger charge is -2.27. The number of aryl methyl sites for hydroxylation is 1. The Morgan fingerprint density at radius 3 is 2.50 bits per heavy atom. The second-order valence-electron chi connectivity index (χ2n) is 6.18. The first-order chi connectivity index (χ1) is 10.4. The largest absolute Gasteiger partial charge is 0.545 e. The summed E-state index contributed by atoms with van der Waals surface area (Å²) in [7, 11) is 2.04. The Balaban J connectivity index is 2.00. The van der Waals surface area contributed by atoms with E-state index in [0.717, 1.165) is 4.88 Å². The molecular formula is C16H24N2O3S. The molecular weight excluding hydrogens is 300 g/mol. The van der Waals surface area contributed by atoms with Crippen LogP contribution in [0.5, 0.6) is 0 Å². The van der Waals surface area contributed by atoms with E-state index in [0.29, 0.717) is 23.2 Å². The van der Waals surface area contributed by atoms with Gasteiger partial charge in [-0.3, -0.25) is 4.79 Å². The lowest BCUT2D eigenvalue weighted by Crippen LogP contribution is -3.14. The summed E-state index contributed by atoms with van der Waals surface area (Å²) in [5, 5.41) is 14.4. The number of hydrogen-bond donors (Lipinski definition) is 2. The third-order valence-electron chi connectivity index (χ3n) is 4.58. The number of hydrogen-bond acceptors (Lipinski definition) is 4. The molecule has 5 nitrogen and oxygen atoms in total. The van der Waals surface area contributed by atoms with Gasteiger partial charge in [0.15, 0.2) is 6.54 Å². The number of carbonyl (C=O) groups excluding carboxylic acids is 2. The lowest BCUT2D eigenvalue weighted by molar-refractivity contribution is -0.899. The van der Waals surface area contributed by atoms with Gasteiger partial charge in [-0.25, -0.2) is 0 Å². The van der Waals surface area contributed by atoms with E-state index in [2.05, 4.69) is 5.32 Å². The highest BCUT2D eigenvalue weighted by molar-refractivity contribution is 7.16. The standard InChI is InChI=1S/C16H24N2O3S/c1-10-11(2)22-15(14(10)16(20)21)17-13(19)9-18(3)12-7-5-4-6-8-12/h12H,4-9H2,1-3H3,(H,17,19)(H,20,21). The van der Waals surface area contributed by atoms with Crippen LogP contribution in [0.4, 0.5) is 5.00 Å². The number of carbonyl (C=O) groups is 2. The molecule has 1 atom stereocenters. The SMILES string of the molecule is Cc1sc(NC(=O)C[NH+](C)C2CCCCC2)c(C(=O)[O-])c1C. The summed E-state index contributed by atoms with van der Waals surface area (Å²) in [6, 6.07) is 0.534. The summed E-state index contributed by atoms with van der Waals surface area (Å²) in [6.07, 6.45) is 6.10. The monoisotopic (exact) mass is 324 g/mol. The number of rotatable bonds is 5. The summed E-state index contributed by atoms with van der Waals surface area (Å²) >= 11 is 1.30. The van der Waals surface area contributed by atoms with Crippen molar-refractivity contribution in [2.24, 2.45) is 0 Å². The van der Waals surface area contributed by atoms with Crippen LogP contribution in [-0.4, -0.2) is 31.5 Å². The maximum Gasteiger partial charge on any atom is 0.280 e. The predicted octanol–water partition coefficient (Wildman–Crippen LogP) is 0.514. The van der Waals surface area contributed by atoms with Gasteiger partial charge in [0.2, 0.25) is 0 Å². The number of anilines is 1. The lowest BCUT2D eigenvalue weighted by atomic mass is 9.94. The molecule has 1 aliphatic carbocycles. The van der Waals surface area contributed by atoms with Crippen molar-refractivity contribution in [3.8, 4) is 0 Å². The maximum absolute atomic E-state index is 12.2. The fourth-order valence-corrected chi connectivity index (χ4v) is 4.19. The highest BCUT2D eigenvalue weighted by Crippen LogP contribution is 2.31. The van der Waals surface area contributed by atoms with Crippen molar-refractivity contribution in [3.63, 3.8) is 0 Å². The summed E-state index contributed by atoms with van der Waals surface area (Å²) in [4.78, 5) is 25.6. The van der Waals surface area contributed by atoms with Gasteiger partial charge in [-0.05, 0) is 45.1 Å². The van der Waals surface area contributed by atoms with Gasteiger partial charge < -0.3 is 20.1 Å². The second-order valence-corrected chi connectivity index (χ2v) is 7.41. The molecule has 0 saturated heterocycles. The number of carboxylic acid groups (broad SMARTS) is 1. The minimum Gasteiger partial charge on any atom is -0.545 e. The normalized spacial score (nSPS) is 17.2. The quantitative estimate of drug-likeness (QED) is 0.829. The zero-order valence-corrected chi connectivity index (χ0v) is 14.3. The molecule has 1 aromatic heterocycles. The molecule has 0 radical (unpaired) electrons. The molecule has 1 heterocycles. The number of nitrogens with one attached hydrogen (secondary N) is 2. The van der Waals surface area contributed by atoms with E-state index in [9.17, 15) is 14.7 Å². The fourth-order valence-electron chi connectivity index (χ4n) is 3.12. The zero-order valence-electron chi connectivity index (χ0n) is 13.5. The Morgan fingerprint density at radius 1 is 1.27 bits per heavy atom. The van der Waals surface area contributed by atoms with Crippen LogP contribution < -0.4 is 15.3 Å². The number of aromatic carboxylic acids is 1. The van der Waals surface area contributed by atoms with Gasteiger partial charge in [0.25, 0.3) is 5.91 Å². The third kappa shape index (κ3) is 3.87. The highest BCUT2D eigenvalue weighted by Gasteiger charge is 2.24. The van der Waals surface area contributed by atoms with Gasteiger partial charge in [0.1, 0.15) is 5.00 Å². The molecule has 0 spiro atoms. The van der Waals surface area contributed by atoms with Crippen molar-refractivity contribution in [3.05, 3.63) is 16.0 Å². The van der Waals surface area contributed by atoms with Crippen LogP contribution in [-0.2, 0) is 4.79 Å². The maximum atomic E-state index is 12.2. The topological polar surface area (TPSA) is 73.7 Å². The van der Waals surface area contributed by atoms with E-state index < -0.39 is 5.97 Å². The van der Waals surface area contributed by atoms with E-state index in [1.54, 1.807) is 6.92 Å². The van der Waals surface area contributed by atoms with Gasteiger partial charge in [-0.1, -0.05) is 6.42 Å². The molecule has 1 aliphatic rings. The first-order valence-corrected chi connectivity index (χ1v) is 8.65. The average Bonchev–Trinajstić information content (AvgIpc) is 2.74. The third-order valence-corrected chi connectivity index (χ3v) is 5.71. The van der Waals surface area contributed by atoms with Crippen molar-refractivity contribution in [1.82, 2.24) is 0 Å². The molecule has 0 aromatic carbocycles. The molecule has 0 bridgehead atoms. The Kier molecular flexibility index (Phi) is 5.58. The predicted molar refractivity (Wildman–Crippen MR) is 85.4 cm³/mol. The van der Waals surface area contributed by atoms with Gasteiger partial charge in [-0.15, -0.1) is 11.3 Å². The van der Waals surface area contributed by atoms with Gasteiger partial charge >= 0.3 is 0 Å². The highest BCUT2D eigenvalue weighted by atomic mass is 32.1. The molecule has 122 valence electrons. The average molecular weight is 324 g/mol. The summed E-state index contributed by atoms with van der Waals surface area (Å²) < 4.78 is 0. The Labute approximate surface area is 135 Å². The molecule has 0 aliphatic heterocycles. The van der Waals surface area contributed by atoms with Crippen molar-refractivity contribution >= 4 is 28.2 Å². The summed E-state index contributed by atoms with van der Waals surface area (Å²) in [5.74, 6) is -1.36. The zero-order chi connectivity index (χ0) is 16.3. The molecule has 2 rings (SSSR count). The molecule has 22 heavy (non-hydrogen) atoms. The minimum absolute atomic E-state index is 0.117. The molecule has 1 amide bonds. The molecule has 1 unspecified atom stereocenters. The van der Waals surface area contributed by atoms with Crippen LogP contribution in [0.3, 0.4) is 0 Å². The number of quaternary nitrogens is 1. The van der Waals surface area contributed by atoms with Gasteiger partial charge in [0.05, 0.1) is 19.1 Å². The van der Waals surface area contributed by atoms with Crippen LogP contribution in [0.25, 0.3) is 0 Å². The molecule has 2 N–H and O–H groups in total. The molecule has 1 aromatic rings. The van der Waals surface area contributed by atoms with Crippen LogP contribution in [0.15, 0.2) is 0 Å². The number of amides is 1. The summed E-state index contributed by atoms with van der Waals surface area (Å²) in [6.45, 7) is 3.96. The number of carboxylic acids is 1. The smallest absolute Gasteiger partial charge is 0.280 e. The van der Waals surface area contributed by atoms with E-state index >= 15 is 0 Å². The Morgan fingerprint density at radius 2 is 1.91 bits per heavy atom. The van der Waals surface area contributed by atoms with Crippen LogP contribution >= 0.6 is 11.3 Å². The van der Waals surface area contributed by atoms with Crippen LogP contribution in [0.1, 0.15) is 52.9 Å². The van der Waals surface area contributed by atoms with E-state index in [1.807, 2.05) is 14.0 Å².